The summed E-state index contributed by atoms with van der Waals surface area (Å²) in [4.78, 5) is 28.0. The summed E-state index contributed by atoms with van der Waals surface area (Å²) in [5, 5.41) is 15.6. The molecule has 0 bridgehead atoms. The highest BCUT2D eigenvalue weighted by molar-refractivity contribution is 7.88. The molecule has 0 unspecified atom stereocenters. The minimum Gasteiger partial charge on any atom is -0.395 e. The van der Waals surface area contributed by atoms with Gasteiger partial charge in [0.05, 0.1) is 41.6 Å². The average Bonchev–Trinajstić information content (AvgIpc) is 3.18. The van der Waals surface area contributed by atoms with E-state index in [0.717, 1.165) is 43.3 Å². The van der Waals surface area contributed by atoms with E-state index in [1.165, 1.54) is 37.1 Å². The van der Waals surface area contributed by atoms with Crippen LogP contribution in [0.3, 0.4) is 0 Å². The molecular formula is C43H58N4O7S2. The van der Waals surface area contributed by atoms with Crippen LogP contribution in [0.2, 0.25) is 0 Å². The van der Waals surface area contributed by atoms with Crippen molar-refractivity contribution >= 4 is 54.4 Å². The van der Waals surface area contributed by atoms with Crippen LogP contribution in [0, 0.1) is 0 Å². The second-order valence-corrected chi connectivity index (χ2v) is 17.4. The summed E-state index contributed by atoms with van der Waals surface area (Å²) < 4.78 is 45.0. The van der Waals surface area contributed by atoms with Gasteiger partial charge in [-0.3, -0.25) is 9.59 Å². The lowest BCUT2D eigenvalue weighted by atomic mass is 9.82. The smallest absolute Gasteiger partial charge is 0.211 e. The lowest BCUT2D eigenvalue weighted by molar-refractivity contribution is 0.0980. The number of benzene rings is 4. The van der Waals surface area contributed by atoms with Crippen molar-refractivity contribution in [3.63, 3.8) is 0 Å². The van der Waals surface area contributed by atoms with E-state index in [2.05, 4.69) is 74.7 Å². The van der Waals surface area contributed by atoms with Crippen molar-refractivity contribution < 1.29 is 31.5 Å². The molecule has 3 N–H and O–H groups in total. The standard InChI is InChI=1S/C34H34N2O2.C5H13NO3S.C4H11NO2S/c1-5-21-13-11-14-22(6-2)31(21)35-27-19-20-28(36-32-23(7-3)15-12-16-24(32)8-4)30-29(27)33(37)25-17-9-10-18-26(25)34(30)38;1-3-6(4-5-7)10(2,8)9;1-4-5(2)8(3,6)7/h9-20,35-36H,5-8H2,1-4H3;7H,3-5H2,1-2H3;4H2,1-3H3. The summed E-state index contributed by atoms with van der Waals surface area (Å²) in [5.74, 6) is -0.263. The van der Waals surface area contributed by atoms with E-state index < -0.39 is 20.0 Å². The first-order valence-corrected chi connectivity index (χ1v) is 22.8. The fraction of sp³-hybridized carbons (Fsp3) is 0.395. The van der Waals surface area contributed by atoms with Crippen molar-refractivity contribution in [1.82, 2.24) is 8.61 Å². The number of hydrogen-bond acceptors (Lipinski definition) is 9. The maximum absolute atomic E-state index is 14.0. The second-order valence-electron chi connectivity index (χ2n) is 13.3. The van der Waals surface area contributed by atoms with E-state index in [0.29, 0.717) is 46.7 Å². The third-order valence-electron chi connectivity index (χ3n) is 9.78. The normalized spacial score (nSPS) is 12.3. The van der Waals surface area contributed by atoms with Crippen LogP contribution in [0.25, 0.3) is 0 Å². The number of aliphatic hydroxyl groups excluding tert-OH is 1. The van der Waals surface area contributed by atoms with Crippen LogP contribution in [0.15, 0.2) is 72.8 Å². The van der Waals surface area contributed by atoms with E-state index in [9.17, 15) is 26.4 Å². The van der Waals surface area contributed by atoms with Crippen molar-refractivity contribution in [3.05, 3.63) is 117 Å². The zero-order valence-corrected chi connectivity index (χ0v) is 35.8. The molecule has 0 radical (unpaired) electrons. The molecule has 4 aromatic carbocycles. The number of sulfonamides is 2. The molecule has 11 nitrogen and oxygen atoms in total. The van der Waals surface area contributed by atoms with Gasteiger partial charge in [0.1, 0.15) is 0 Å². The fourth-order valence-electron chi connectivity index (χ4n) is 6.41. The Morgan fingerprint density at radius 1 is 0.554 bits per heavy atom. The van der Waals surface area contributed by atoms with Gasteiger partial charge in [-0.1, -0.05) is 102 Å². The number of ketones is 2. The molecule has 0 saturated carbocycles. The first-order chi connectivity index (χ1) is 26.5. The van der Waals surface area contributed by atoms with Crippen molar-refractivity contribution in [2.45, 2.75) is 67.2 Å². The molecule has 0 aliphatic heterocycles. The zero-order chi connectivity index (χ0) is 41.8. The molecule has 1 aliphatic rings. The molecular weight excluding hydrogens is 749 g/mol. The first kappa shape index (κ1) is 46.0. The van der Waals surface area contributed by atoms with Crippen molar-refractivity contribution in [1.29, 1.82) is 0 Å². The number of carbonyl (C=O) groups excluding carboxylic acids is 2. The van der Waals surface area contributed by atoms with Gasteiger partial charge in [0.2, 0.25) is 20.0 Å². The highest BCUT2D eigenvalue weighted by Crippen LogP contribution is 2.40. The largest absolute Gasteiger partial charge is 0.395 e. The van der Waals surface area contributed by atoms with E-state index in [1.807, 2.05) is 24.3 Å². The molecule has 0 fully saturated rings. The van der Waals surface area contributed by atoms with Crippen LogP contribution in [0.5, 0.6) is 0 Å². The van der Waals surface area contributed by atoms with Crippen LogP contribution < -0.4 is 10.6 Å². The molecule has 304 valence electrons. The van der Waals surface area contributed by atoms with Crippen molar-refractivity contribution in [2.75, 3.05) is 56.4 Å². The highest BCUT2D eigenvalue weighted by atomic mass is 32.2. The van der Waals surface area contributed by atoms with Crippen molar-refractivity contribution in [2.24, 2.45) is 0 Å². The Morgan fingerprint density at radius 2 is 0.929 bits per heavy atom. The van der Waals surface area contributed by atoms with Gasteiger partial charge in [0.25, 0.3) is 0 Å². The molecule has 0 spiro atoms. The third-order valence-corrected chi connectivity index (χ3v) is 12.5. The van der Waals surface area contributed by atoms with Crippen LogP contribution in [-0.2, 0) is 45.7 Å². The Morgan fingerprint density at radius 3 is 1.16 bits per heavy atom. The molecule has 1 aliphatic carbocycles. The number of nitrogens with zero attached hydrogens (tertiary/aromatic N) is 2. The van der Waals surface area contributed by atoms with E-state index >= 15 is 0 Å². The summed E-state index contributed by atoms with van der Waals surface area (Å²) in [6.07, 6.45) is 5.77. The number of para-hydroxylation sites is 2. The number of hydrogen-bond donors (Lipinski definition) is 3. The number of rotatable bonds is 14. The number of likely N-dealkylation sites (N-methyl/N-ethyl adjacent to an activating group) is 1. The molecule has 0 saturated heterocycles. The Bertz CT molecular complexity index is 2060. The number of nitrogens with one attached hydrogen (secondary N) is 2. The fourth-order valence-corrected chi connectivity index (χ4v) is 7.76. The quantitative estimate of drug-likeness (QED) is 0.105. The lowest BCUT2D eigenvalue weighted by Crippen LogP contribution is -2.32. The Hall–Kier alpha value is -4.40. The van der Waals surface area contributed by atoms with E-state index in [4.69, 9.17) is 5.11 Å². The summed E-state index contributed by atoms with van der Waals surface area (Å²) in [6, 6.07) is 23.6. The van der Waals surface area contributed by atoms with E-state index in [-0.39, 0.29) is 24.7 Å². The molecule has 56 heavy (non-hydrogen) atoms. The molecule has 4 aromatic rings. The minimum atomic E-state index is -3.10. The summed E-state index contributed by atoms with van der Waals surface area (Å²) in [5.41, 5.74) is 9.84. The first-order valence-electron chi connectivity index (χ1n) is 19.1. The monoisotopic (exact) mass is 806 g/mol. The number of aryl methyl sites for hydroxylation is 4. The van der Waals surface area contributed by atoms with Gasteiger partial charge in [-0.15, -0.1) is 0 Å². The van der Waals surface area contributed by atoms with E-state index in [1.54, 1.807) is 33.0 Å². The van der Waals surface area contributed by atoms with Crippen LogP contribution >= 0.6 is 0 Å². The lowest BCUT2D eigenvalue weighted by Gasteiger charge is -2.26. The predicted octanol–water partition coefficient (Wildman–Crippen LogP) is 7.36. The molecule has 5 rings (SSSR count). The van der Waals surface area contributed by atoms with Gasteiger partial charge in [-0.05, 0) is 60.1 Å². The number of fused-ring (bicyclic) bond motifs is 2. The van der Waals surface area contributed by atoms with Gasteiger partial charge < -0.3 is 15.7 Å². The maximum atomic E-state index is 14.0. The predicted molar refractivity (Wildman–Crippen MR) is 229 cm³/mol. The SMILES string of the molecule is CCN(C)S(C)(=O)=O.CCN(CCO)S(C)(=O)=O.CCc1cccc(CC)c1Nc1ccc(Nc2c(CC)cccc2CC)c2c1C(=O)c1ccccc1C2=O. The second kappa shape index (κ2) is 20.7. The number of carbonyl (C=O) groups is 2. The van der Waals surface area contributed by atoms with Gasteiger partial charge >= 0.3 is 0 Å². The topological polar surface area (TPSA) is 153 Å². The van der Waals surface area contributed by atoms with Crippen LogP contribution in [0.1, 0.15) is 95.6 Å². The summed E-state index contributed by atoms with van der Waals surface area (Å²) in [6.45, 7) is 13.1. The Labute approximate surface area is 334 Å². The summed E-state index contributed by atoms with van der Waals surface area (Å²) in [7, 11) is -4.47. The number of aliphatic hydroxyl groups is 1. The summed E-state index contributed by atoms with van der Waals surface area (Å²) >= 11 is 0. The van der Waals surface area contributed by atoms with Gasteiger partial charge in [-0.25, -0.2) is 25.4 Å². The van der Waals surface area contributed by atoms with Crippen molar-refractivity contribution in [3.8, 4) is 0 Å². The Kier molecular flexibility index (Phi) is 17.0. The molecule has 0 atom stereocenters. The number of anilines is 4. The molecule has 0 heterocycles. The zero-order valence-electron chi connectivity index (χ0n) is 34.2. The molecule has 0 amide bonds. The molecule has 0 aromatic heterocycles. The minimum absolute atomic E-state index is 0.124. The van der Waals surface area contributed by atoms with Crippen LogP contribution in [-0.4, -0.2) is 87.9 Å². The third kappa shape index (κ3) is 11.1. The van der Waals surface area contributed by atoms with Gasteiger partial charge in [0, 0.05) is 49.2 Å². The maximum Gasteiger partial charge on any atom is 0.211 e. The van der Waals surface area contributed by atoms with Gasteiger partial charge in [-0.2, -0.15) is 0 Å². The Balaban J connectivity index is 0.000000388. The average molecular weight is 807 g/mol. The van der Waals surface area contributed by atoms with Crippen LogP contribution in [0.4, 0.5) is 22.7 Å². The molecule has 13 heteroatoms. The van der Waals surface area contributed by atoms with Gasteiger partial charge in [0.15, 0.2) is 11.6 Å². The highest BCUT2D eigenvalue weighted by Gasteiger charge is 2.34.